The van der Waals surface area contributed by atoms with Crippen molar-refractivity contribution in [2.45, 2.75) is 19.3 Å². The molecular formula is C12H20N2O3. The number of hydrogen-bond acceptors (Lipinski definition) is 3. The number of amides is 1. The van der Waals surface area contributed by atoms with E-state index in [1.54, 1.807) is 6.08 Å². The molecule has 5 heteroatoms. The maximum atomic E-state index is 11.8. The average molecular weight is 240 g/mol. The highest BCUT2D eigenvalue weighted by Crippen LogP contribution is 2.15. The molecule has 0 radical (unpaired) electrons. The van der Waals surface area contributed by atoms with Crippen molar-refractivity contribution in [1.29, 1.82) is 0 Å². The second-order valence-electron chi connectivity index (χ2n) is 4.35. The highest BCUT2D eigenvalue weighted by molar-refractivity contribution is 5.81. The van der Waals surface area contributed by atoms with E-state index in [9.17, 15) is 9.59 Å². The number of carboxylic acid groups (broad SMARTS) is 1. The number of carbonyl (C=O) groups excluding carboxylic acids is 1. The summed E-state index contributed by atoms with van der Waals surface area (Å²) in [7, 11) is 0. The lowest BCUT2D eigenvalue weighted by Gasteiger charge is -2.19. The number of aliphatic carboxylic acids is 1. The van der Waals surface area contributed by atoms with E-state index in [4.69, 9.17) is 5.11 Å². The predicted molar refractivity (Wildman–Crippen MR) is 64.6 cm³/mol. The number of carbonyl (C=O) groups is 2. The van der Waals surface area contributed by atoms with Gasteiger partial charge in [0.2, 0.25) is 5.91 Å². The second kappa shape index (κ2) is 7.06. The zero-order valence-electron chi connectivity index (χ0n) is 10.0. The summed E-state index contributed by atoms with van der Waals surface area (Å²) in [5.41, 5.74) is 0. The Morgan fingerprint density at radius 3 is 2.82 bits per heavy atom. The van der Waals surface area contributed by atoms with Crippen molar-refractivity contribution in [3.05, 3.63) is 12.7 Å². The molecule has 1 atom stereocenters. The molecule has 1 aliphatic rings. The Morgan fingerprint density at radius 2 is 2.29 bits per heavy atom. The van der Waals surface area contributed by atoms with Crippen molar-refractivity contribution in [3.8, 4) is 0 Å². The SMILES string of the molecule is C=CCN(CC(=O)O)C(=O)CCC1CCNC1. The first kappa shape index (κ1) is 13.7. The van der Waals surface area contributed by atoms with Gasteiger partial charge in [-0.15, -0.1) is 6.58 Å². The molecule has 5 nitrogen and oxygen atoms in total. The third-order valence-electron chi connectivity index (χ3n) is 2.96. The van der Waals surface area contributed by atoms with E-state index in [1.165, 1.54) is 4.90 Å². The van der Waals surface area contributed by atoms with E-state index in [-0.39, 0.29) is 12.5 Å². The van der Waals surface area contributed by atoms with Crippen LogP contribution in [0.25, 0.3) is 0 Å². The van der Waals surface area contributed by atoms with Gasteiger partial charge in [-0.25, -0.2) is 0 Å². The summed E-state index contributed by atoms with van der Waals surface area (Å²) in [5, 5.41) is 11.9. The van der Waals surface area contributed by atoms with Gasteiger partial charge >= 0.3 is 5.97 Å². The number of rotatable bonds is 7. The van der Waals surface area contributed by atoms with Crippen LogP contribution in [0.15, 0.2) is 12.7 Å². The zero-order valence-corrected chi connectivity index (χ0v) is 10.0. The van der Waals surface area contributed by atoms with Crippen LogP contribution >= 0.6 is 0 Å². The third kappa shape index (κ3) is 4.99. The molecule has 1 aliphatic heterocycles. The minimum Gasteiger partial charge on any atom is -0.480 e. The molecule has 0 spiro atoms. The number of nitrogens with one attached hydrogen (secondary N) is 1. The molecule has 1 rings (SSSR count). The molecule has 2 N–H and O–H groups in total. The van der Waals surface area contributed by atoms with Gasteiger partial charge < -0.3 is 15.3 Å². The van der Waals surface area contributed by atoms with E-state index < -0.39 is 5.97 Å². The minimum atomic E-state index is -0.984. The number of nitrogens with zero attached hydrogens (tertiary/aromatic N) is 1. The van der Waals surface area contributed by atoms with Crippen molar-refractivity contribution < 1.29 is 14.7 Å². The molecule has 0 saturated carbocycles. The van der Waals surface area contributed by atoms with Crippen molar-refractivity contribution in [2.24, 2.45) is 5.92 Å². The van der Waals surface area contributed by atoms with Gasteiger partial charge in [0, 0.05) is 13.0 Å². The van der Waals surface area contributed by atoms with Crippen LogP contribution in [0.5, 0.6) is 0 Å². The lowest BCUT2D eigenvalue weighted by molar-refractivity contribution is -0.144. The topological polar surface area (TPSA) is 69.6 Å². The minimum absolute atomic E-state index is 0.0980. The van der Waals surface area contributed by atoms with Crippen LogP contribution in [0.1, 0.15) is 19.3 Å². The molecule has 0 aromatic carbocycles. The lowest BCUT2D eigenvalue weighted by Crippen LogP contribution is -2.35. The van der Waals surface area contributed by atoms with Gasteiger partial charge in [0.1, 0.15) is 6.54 Å². The first-order valence-corrected chi connectivity index (χ1v) is 5.94. The van der Waals surface area contributed by atoms with E-state index >= 15 is 0 Å². The van der Waals surface area contributed by atoms with Gasteiger partial charge in [-0.3, -0.25) is 9.59 Å². The first-order chi connectivity index (χ1) is 8.13. The Balaban J connectivity index is 2.35. The highest BCUT2D eigenvalue weighted by Gasteiger charge is 2.19. The molecule has 0 bridgehead atoms. The maximum absolute atomic E-state index is 11.8. The molecule has 0 aromatic rings. The van der Waals surface area contributed by atoms with Gasteiger partial charge in [-0.2, -0.15) is 0 Å². The van der Waals surface area contributed by atoms with Crippen molar-refractivity contribution in [3.63, 3.8) is 0 Å². The fourth-order valence-electron chi connectivity index (χ4n) is 2.02. The molecule has 1 saturated heterocycles. The Kier molecular flexibility index (Phi) is 5.69. The smallest absolute Gasteiger partial charge is 0.323 e. The maximum Gasteiger partial charge on any atom is 0.323 e. The summed E-state index contributed by atoms with van der Waals surface area (Å²) in [6.07, 6.45) is 3.91. The van der Waals surface area contributed by atoms with Crippen molar-refractivity contribution in [1.82, 2.24) is 10.2 Å². The Morgan fingerprint density at radius 1 is 1.53 bits per heavy atom. The fourth-order valence-corrected chi connectivity index (χ4v) is 2.02. The molecule has 1 unspecified atom stereocenters. The summed E-state index contributed by atoms with van der Waals surface area (Å²) in [6, 6.07) is 0. The van der Waals surface area contributed by atoms with Crippen LogP contribution in [0.3, 0.4) is 0 Å². The predicted octanol–water partition coefficient (Wildman–Crippen LogP) is 0.475. The molecule has 17 heavy (non-hydrogen) atoms. The van der Waals surface area contributed by atoms with Gasteiger partial charge in [0.15, 0.2) is 0 Å². The molecule has 96 valence electrons. The molecule has 1 fully saturated rings. The Hall–Kier alpha value is -1.36. The van der Waals surface area contributed by atoms with Gasteiger partial charge in [0.05, 0.1) is 0 Å². The largest absolute Gasteiger partial charge is 0.480 e. The second-order valence-corrected chi connectivity index (χ2v) is 4.35. The van der Waals surface area contributed by atoms with E-state index in [0.29, 0.717) is 18.9 Å². The van der Waals surface area contributed by atoms with Crippen LogP contribution < -0.4 is 5.32 Å². The number of hydrogen-bond donors (Lipinski definition) is 2. The monoisotopic (exact) mass is 240 g/mol. The first-order valence-electron chi connectivity index (χ1n) is 5.94. The Labute approximate surface area is 101 Å². The van der Waals surface area contributed by atoms with Crippen LogP contribution in [0.2, 0.25) is 0 Å². The molecule has 0 aliphatic carbocycles. The van der Waals surface area contributed by atoms with E-state index in [1.807, 2.05) is 0 Å². The van der Waals surface area contributed by atoms with Crippen LogP contribution in [-0.2, 0) is 9.59 Å². The quantitative estimate of drug-likeness (QED) is 0.635. The summed E-state index contributed by atoms with van der Waals surface area (Å²) < 4.78 is 0. The third-order valence-corrected chi connectivity index (χ3v) is 2.96. The van der Waals surface area contributed by atoms with Crippen LogP contribution in [0, 0.1) is 5.92 Å². The van der Waals surface area contributed by atoms with Gasteiger partial charge in [-0.05, 0) is 31.8 Å². The lowest BCUT2D eigenvalue weighted by atomic mass is 10.0. The van der Waals surface area contributed by atoms with Crippen molar-refractivity contribution in [2.75, 3.05) is 26.2 Å². The highest BCUT2D eigenvalue weighted by atomic mass is 16.4. The average Bonchev–Trinajstić information content (AvgIpc) is 2.77. The summed E-state index contributed by atoms with van der Waals surface area (Å²) in [6.45, 7) is 5.57. The van der Waals surface area contributed by atoms with E-state index in [2.05, 4.69) is 11.9 Å². The number of carboxylic acids is 1. The van der Waals surface area contributed by atoms with Gasteiger partial charge in [0.25, 0.3) is 0 Å². The Bertz CT molecular complexity index is 285. The summed E-state index contributed by atoms with van der Waals surface area (Å²) in [4.78, 5) is 23.8. The zero-order chi connectivity index (χ0) is 12.7. The van der Waals surface area contributed by atoms with E-state index in [0.717, 1.165) is 25.9 Å². The van der Waals surface area contributed by atoms with Crippen molar-refractivity contribution >= 4 is 11.9 Å². The molecular weight excluding hydrogens is 220 g/mol. The normalized spacial score (nSPS) is 18.9. The van der Waals surface area contributed by atoms with Crippen LogP contribution in [0.4, 0.5) is 0 Å². The standard InChI is InChI=1S/C12H20N2O3/c1-2-7-14(9-12(16)17)11(15)4-3-10-5-6-13-8-10/h2,10,13H,1,3-9H2,(H,16,17). The van der Waals surface area contributed by atoms with Gasteiger partial charge in [-0.1, -0.05) is 6.08 Å². The molecule has 0 aromatic heterocycles. The summed E-state index contributed by atoms with van der Waals surface area (Å²) >= 11 is 0. The van der Waals surface area contributed by atoms with Crippen LogP contribution in [-0.4, -0.2) is 48.1 Å². The molecule has 1 amide bonds. The summed E-state index contributed by atoms with van der Waals surface area (Å²) in [5.74, 6) is -0.531. The molecule has 1 heterocycles. The fraction of sp³-hybridized carbons (Fsp3) is 0.667.